The number of anilines is 1. The monoisotopic (exact) mass is 241 g/mol. The molecule has 3 rings (SSSR count). The normalized spacial score (nSPS) is 10.8. The van der Waals surface area contributed by atoms with Crippen molar-refractivity contribution in [2.24, 2.45) is 0 Å². The number of para-hydroxylation sites is 1. The molecule has 0 saturated carbocycles. The van der Waals surface area contributed by atoms with Crippen LogP contribution in [0.1, 0.15) is 10.6 Å². The summed E-state index contributed by atoms with van der Waals surface area (Å²) in [6.45, 7) is 0. The predicted molar refractivity (Wildman–Crippen MR) is 71.1 cm³/mol. The van der Waals surface area contributed by atoms with E-state index in [4.69, 9.17) is 5.73 Å². The van der Waals surface area contributed by atoms with Crippen LogP contribution in [0.5, 0.6) is 0 Å². The number of nitrogen functional groups attached to an aromatic ring is 1. The van der Waals surface area contributed by atoms with Gasteiger partial charge in [0.1, 0.15) is 5.82 Å². The van der Waals surface area contributed by atoms with Crippen LogP contribution >= 0.6 is 11.3 Å². The third-order valence-corrected chi connectivity index (χ3v) is 3.58. The molecule has 0 aliphatic carbocycles. The van der Waals surface area contributed by atoms with Crippen molar-refractivity contribution in [3.05, 3.63) is 53.2 Å². The summed E-state index contributed by atoms with van der Waals surface area (Å²) >= 11 is 1.73. The summed E-state index contributed by atoms with van der Waals surface area (Å²) in [6.07, 6.45) is 2.62. The molecule has 0 aliphatic heterocycles. The van der Waals surface area contributed by atoms with Gasteiger partial charge in [-0.15, -0.1) is 11.3 Å². The molecule has 4 heteroatoms. The fourth-order valence-corrected chi connectivity index (χ4v) is 2.71. The van der Waals surface area contributed by atoms with Crippen LogP contribution in [0.4, 0.5) is 5.82 Å². The van der Waals surface area contributed by atoms with E-state index >= 15 is 0 Å². The summed E-state index contributed by atoms with van der Waals surface area (Å²) in [4.78, 5) is 8.67. The molecule has 17 heavy (non-hydrogen) atoms. The number of nitrogens with zero attached hydrogens (tertiary/aromatic N) is 2. The number of pyridine rings is 1. The third kappa shape index (κ3) is 2.12. The van der Waals surface area contributed by atoms with Gasteiger partial charge >= 0.3 is 0 Å². The molecule has 0 atom stereocenters. The van der Waals surface area contributed by atoms with Crippen LogP contribution in [0.15, 0.2) is 42.6 Å². The molecule has 0 fully saturated rings. The third-order valence-electron chi connectivity index (χ3n) is 2.54. The summed E-state index contributed by atoms with van der Waals surface area (Å²) in [6, 6.07) is 12.0. The Kier molecular flexibility index (Phi) is 2.49. The van der Waals surface area contributed by atoms with Crippen LogP contribution in [-0.2, 0) is 6.42 Å². The van der Waals surface area contributed by atoms with Gasteiger partial charge in [-0.25, -0.2) is 9.97 Å². The highest BCUT2D eigenvalue weighted by atomic mass is 32.1. The number of fused-ring (bicyclic) bond motifs is 1. The van der Waals surface area contributed by atoms with Crippen LogP contribution in [0.25, 0.3) is 10.2 Å². The first-order valence-corrected chi connectivity index (χ1v) is 6.18. The number of benzene rings is 1. The lowest BCUT2D eigenvalue weighted by molar-refractivity contribution is 1.12. The summed E-state index contributed by atoms with van der Waals surface area (Å²) in [7, 11) is 0. The zero-order valence-electron chi connectivity index (χ0n) is 9.13. The zero-order chi connectivity index (χ0) is 11.7. The molecule has 2 aromatic heterocycles. The Bertz CT molecular complexity index is 610. The van der Waals surface area contributed by atoms with Crippen LogP contribution in [-0.4, -0.2) is 9.97 Å². The number of hydrogen-bond acceptors (Lipinski definition) is 4. The van der Waals surface area contributed by atoms with Gasteiger partial charge in [0.25, 0.3) is 0 Å². The van der Waals surface area contributed by atoms with E-state index < -0.39 is 0 Å². The molecule has 0 aliphatic rings. The molecule has 0 unspecified atom stereocenters. The summed E-state index contributed by atoms with van der Waals surface area (Å²) in [5.41, 5.74) is 7.76. The molecule has 2 N–H and O–H groups in total. The maximum absolute atomic E-state index is 5.56. The van der Waals surface area contributed by atoms with Gasteiger partial charge in [-0.1, -0.05) is 18.2 Å². The van der Waals surface area contributed by atoms with E-state index in [0.29, 0.717) is 5.82 Å². The van der Waals surface area contributed by atoms with E-state index in [-0.39, 0.29) is 0 Å². The van der Waals surface area contributed by atoms with Crippen LogP contribution < -0.4 is 5.73 Å². The smallest absolute Gasteiger partial charge is 0.123 e. The summed E-state index contributed by atoms with van der Waals surface area (Å²) in [5, 5.41) is 1.11. The standard InChI is InChI=1S/C13H11N3S/c14-12-6-5-9(8-15-12)7-13-16-10-3-1-2-4-11(10)17-13/h1-6,8H,7H2,(H2,14,15). The fraction of sp³-hybridized carbons (Fsp3) is 0.0769. The van der Waals surface area contributed by atoms with E-state index in [1.54, 1.807) is 17.5 Å². The lowest BCUT2D eigenvalue weighted by atomic mass is 10.2. The van der Waals surface area contributed by atoms with Crippen molar-refractivity contribution in [2.75, 3.05) is 5.73 Å². The quantitative estimate of drug-likeness (QED) is 0.750. The van der Waals surface area contributed by atoms with Crippen molar-refractivity contribution >= 4 is 27.4 Å². The van der Waals surface area contributed by atoms with Crippen molar-refractivity contribution < 1.29 is 0 Å². The van der Waals surface area contributed by atoms with Gasteiger partial charge in [0, 0.05) is 12.6 Å². The summed E-state index contributed by atoms with van der Waals surface area (Å²) < 4.78 is 1.23. The van der Waals surface area contributed by atoms with E-state index in [1.165, 1.54) is 4.70 Å². The van der Waals surface area contributed by atoms with Crippen LogP contribution in [0.3, 0.4) is 0 Å². The predicted octanol–water partition coefficient (Wildman–Crippen LogP) is 2.86. The maximum Gasteiger partial charge on any atom is 0.123 e. The largest absolute Gasteiger partial charge is 0.384 e. The van der Waals surface area contributed by atoms with Crippen molar-refractivity contribution in [2.45, 2.75) is 6.42 Å². The molecular weight excluding hydrogens is 230 g/mol. The first-order valence-electron chi connectivity index (χ1n) is 5.36. The molecule has 0 amide bonds. The highest BCUT2D eigenvalue weighted by Crippen LogP contribution is 2.23. The molecule has 0 radical (unpaired) electrons. The van der Waals surface area contributed by atoms with E-state index in [9.17, 15) is 0 Å². The SMILES string of the molecule is Nc1ccc(Cc2nc3ccccc3s2)cn1. The molecule has 0 saturated heterocycles. The fourth-order valence-electron chi connectivity index (χ4n) is 1.71. The number of hydrogen-bond donors (Lipinski definition) is 1. The second-order valence-corrected chi connectivity index (χ2v) is 4.96. The van der Waals surface area contributed by atoms with Crippen molar-refractivity contribution in [1.82, 2.24) is 9.97 Å². The highest BCUT2D eigenvalue weighted by molar-refractivity contribution is 7.18. The average molecular weight is 241 g/mol. The lowest BCUT2D eigenvalue weighted by Gasteiger charge is -1.97. The number of nitrogens with two attached hydrogens (primary N) is 1. The molecular formula is C13H11N3S. The van der Waals surface area contributed by atoms with Gasteiger partial charge in [-0.2, -0.15) is 0 Å². The molecule has 1 aromatic carbocycles. The van der Waals surface area contributed by atoms with Gasteiger partial charge in [-0.05, 0) is 23.8 Å². The minimum atomic E-state index is 0.554. The van der Waals surface area contributed by atoms with Crippen LogP contribution in [0, 0.1) is 0 Å². The molecule has 3 aromatic rings. The number of aromatic nitrogens is 2. The Labute approximate surface area is 103 Å². The van der Waals surface area contributed by atoms with E-state index in [0.717, 1.165) is 22.5 Å². The second kappa shape index (κ2) is 4.14. The lowest BCUT2D eigenvalue weighted by Crippen LogP contribution is -1.92. The van der Waals surface area contributed by atoms with Gasteiger partial charge in [0.05, 0.1) is 15.2 Å². The van der Waals surface area contributed by atoms with Gasteiger partial charge in [0.15, 0.2) is 0 Å². The second-order valence-electron chi connectivity index (χ2n) is 3.84. The van der Waals surface area contributed by atoms with Gasteiger partial charge in [-0.3, -0.25) is 0 Å². The first kappa shape index (κ1) is 10.2. The Morgan fingerprint density at radius 2 is 2.00 bits per heavy atom. The molecule has 84 valence electrons. The molecule has 2 heterocycles. The Balaban J connectivity index is 1.92. The topological polar surface area (TPSA) is 51.8 Å². The highest BCUT2D eigenvalue weighted by Gasteiger charge is 2.04. The zero-order valence-corrected chi connectivity index (χ0v) is 9.95. The Morgan fingerprint density at radius 3 is 2.76 bits per heavy atom. The van der Waals surface area contributed by atoms with E-state index in [2.05, 4.69) is 16.0 Å². The van der Waals surface area contributed by atoms with Crippen LogP contribution in [0.2, 0.25) is 0 Å². The molecule has 0 spiro atoms. The molecule has 0 bridgehead atoms. The summed E-state index contributed by atoms with van der Waals surface area (Å²) in [5.74, 6) is 0.554. The average Bonchev–Trinajstić information content (AvgIpc) is 2.74. The Hall–Kier alpha value is -1.94. The number of thiazole rings is 1. The Morgan fingerprint density at radius 1 is 1.12 bits per heavy atom. The first-order chi connectivity index (χ1) is 8.31. The minimum Gasteiger partial charge on any atom is -0.384 e. The number of rotatable bonds is 2. The van der Waals surface area contributed by atoms with Crippen molar-refractivity contribution in [1.29, 1.82) is 0 Å². The minimum absolute atomic E-state index is 0.554. The van der Waals surface area contributed by atoms with Crippen molar-refractivity contribution in [3.8, 4) is 0 Å². The van der Waals surface area contributed by atoms with Gasteiger partial charge in [0.2, 0.25) is 0 Å². The molecule has 3 nitrogen and oxygen atoms in total. The maximum atomic E-state index is 5.56. The van der Waals surface area contributed by atoms with Gasteiger partial charge < -0.3 is 5.73 Å². The van der Waals surface area contributed by atoms with Crippen molar-refractivity contribution in [3.63, 3.8) is 0 Å². The van der Waals surface area contributed by atoms with E-state index in [1.807, 2.05) is 30.3 Å².